The van der Waals surface area contributed by atoms with Gasteiger partial charge in [-0.3, -0.25) is 0 Å². The van der Waals surface area contributed by atoms with Crippen molar-refractivity contribution in [3.8, 4) is 0 Å². The van der Waals surface area contributed by atoms with Crippen LogP contribution in [0.25, 0.3) is 0 Å². The van der Waals surface area contributed by atoms with E-state index in [1.807, 2.05) is 0 Å². The number of sulfonamides is 1. The lowest BCUT2D eigenvalue weighted by Crippen LogP contribution is -2.33. The standard InChI is InChI=1S/C10H10F4N2O2S/c11-6-3-7(12)9(14)10(8(6)13)19(17,18)16-2-1-5(15)4-16/h3,5H,1-2,4,15H2/t5-/m1/s1. The normalized spacial score (nSPS) is 21.0. The second kappa shape index (κ2) is 4.73. The van der Waals surface area contributed by atoms with E-state index in [0.29, 0.717) is 10.7 Å². The fraction of sp³-hybridized carbons (Fsp3) is 0.400. The van der Waals surface area contributed by atoms with Gasteiger partial charge < -0.3 is 5.73 Å². The molecule has 0 aliphatic carbocycles. The fourth-order valence-corrected chi connectivity index (χ4v) is 3.52. The quantitative estimate of drug-likeness (QED) is 0.653. The van der Waals surface area contributed by atoms with Crippen molar-refractivity contribution in [3.05, 3.63) is 29.3 Å². The summed E-state index contributed by atoms with van der Waals surface area (Å²) < 4.78 is 77.7. The monoisotopic (exact) mass is 298 g/mol. The number of rotatable bonds is 2. The molecule has 19 heavy (non-hydrogen) atoms. The Balaban J connectivity index is 2.58. The van der Waals surface area contributed by atoms with Gasteiger partial charge in [-0.1, -0.05) is 0 Å². The summed E-state index contributed by atoms with van der Waals surface area (Å²) in [5.74, 6) is -7.39. The Labute approximate surface area is 106 Å². The smallest absolute Gasteiger partial charge is 0.249 e. The molecule has 0 aromatic heterocycles. The zero-order chi connectivity index (χ0) is 14.4. The molecule has 2 N–H and O–H groups in total. The maximum Gasteiger partial charge on any atom is 0.249 e. The number of halogens is 4. The van der Waals surface area contributed by atoms with Gasteiger partial charge in [0.2, 0.25) is 10.0 Å². The lowest BCUT2D eigenvalue weighted by molar-refractivity contribution is 0.405. The lowest BCUT2D eigenvalue weighted by atomic mass is 10.3. The Morgan fingerprint density at radius 3 is 2.11 bits per heavy atom. The summed E-state index contributed by atoms with van der Waals surface area (Å²) in [6, 6.07) is -0.515. The topological polar surface area (TPSA) is 63.4 Å². The van der Waals surface area contributed by atoms with Gasteiger partial charge in [0.15, 0.2) is 28.2 Å². The van der Waals surface area contributed by atoms with E-state index in [0.717, 1.165) is 0 Å². The van der Waals surface area contributed by atoms with Gasteiger partial charge in [-0.15, -0.1) is 0 Å². The first-order valence-electron chi connectivity index (χ1n) is 5.34. The molecule has 1 aromatic rings. The minimum atomic E-state index is -4.65. The van der Waals surface area contributed by atoms with Crippen LogP contribution in [0.5, 0.6) is 0 Å². The molecule has 4 nitrogen and oxygen atoms in total. The van der Waals surface area contributed by atoms with E-state index >= 15 is 0 Å². The highest BCUT2D eigenvalue weighted by atomic mass is 32.2. The van der Waals surface area contributed by atoms with E-state index in [2.05, 4.69) is 0 Å². The Hall–Kier alpha value is -1.19. The van der Waals surface area contributed by atoms with Gasteiger partial charge in [0.1, 0.15) is 0 Å². The van der Waals surface area contributed by atoms with Crippen LogP contribution in [0.3, 0.4) is 0 Å². The van der Waals surface area contributed by atoms with Gasteiger partial charge in [-0.25, -0.2) is 26.0 Å². The van der Waals surface area contributed by atoms with Crippen LogP contribution in [0.15, 0.2) is 11.0 Å². The maximum absolute atomic E-state index is 13.5. The van der Waals surface area contributed by atoms with Crippen molar-refractivity contribution >= 4 is 10.0 Å². The molecule has 0 unspecified atom stereocenters. The van der Waals surface area contributed by atoms with Gasteiger partial charge in [0.25, 0.3) is 0 Å². The zero-order valence-electron chi connectivity index (χ0n) is 9.54. The zero-order valence-corrected chi connectivity index (χ0v) is 10.4. The Morgan fingerprint density at radius 2 is 1.68 bits per heavy atom. The average molecular weight is 298 g/mol. The molecule has 1 atom stereocenters. The summed E-state index contributed by atoms with van der Waals surface area (Å²) in [5, 5.41) is 0. The minimum absolute atomic E-state index is 0.0423. The molecule has 0 spiro atoms. The third-order valence-electron chi connectivity index (χ3n) is 2.86. The molecule has 1 aromatic carbocycles. The first-order chi connectivity index (χ1) is 8.75. The van der Waals surface area contributed by atoms with E-state index < -0.39 is 44.2 Å². The predicted molar refractivity (Wildman–Crippen MR) is 57.6 cm³/mol. The minimum Gasteiger partial charge on any atom is -0.326 e. The molecule has 9 heteroatoms. The van der Waals surface area contributed by atoms with Gasteiger partial charge in [0, 0.05) is 25.2 Å². The molecule has 1 aliphatic heterocycles. The van der Waals surface area contributed by atoms with E-state index in [4.69, 9.17) is 5.73 Å². The number of nitrogens with two attached hydrogens (primary N) is 1. The Bertz CT molecular complexity index is 594. The summed E-state index contributed by atoms with van der Waals surface area (Å²) >= 11 is 0. The molecule has 1 heterocycles. The fourth-order valence-electron chi connectivity index (χ4n) is 1.88. The van der Waals surface area contributed by atoms with Crippen LogP contribution in [-0.2, 0) is 10.0 Å². The van der Waals surface area contributed by atoms with Crippen LogP contribution in [0.4, 0.5) is 17.6 Å². The lowest BCUT2D eigenvalue weighted by Gasteiger charge is -2.17. The molecule has 106 valence electrons. The number of nitrogens with zero attached hydrogens (tertiary/aromatic N) is 1. The first-order valence-corrected chi connectivity index (χ1v) is 6.78. The van der Waals surface area contributed by atoms with E-state index in [1.165, 1.54) is 0 Å². The van der Waals surface area contributed by atoms with Crippen LogP contribution >= 0.6 is 0 Å². The highest BCUT2D eigenvalue weighted by Crippen LogP contribution is 2.28. The molecular formula is C10H10F4N2O2S. The Morgan fingerprint density at radius 1 is 1.16 bits per heavy atom. The summed E-state index contributed by atoms with van der Waals surface area (Å²) in [5.41, 5.74) is 5.49. The molecular weight excluding hydrogens is 288 g/mol. The van der Waals surface area contributed by atoms with Crippen molar-refractivity contribution in [1.29, 1.82) is 0 Å². The average Bonchev–Trinajstić information content (AvgIpc) is 2.74. The van der Waals surface area contributed by atoms with Gasteiger partial charge in [-0.2, -0.15) is 4.31 Å². The van der Waals surface area contributed by atoms with Crippen molar-refractivity contribution in [2.24, 2.45) is 5.73 Å². The molecule has 1 saturated heterocycles. The SMILES string of the molecule is N[C@@H]1CCN(S(=O)(=O)c2c(F)c(F)cc(F)c2F)C1. The van der Waals surface area contributed by atoms with Crippen LogP contribution in [0.2, 0.25) is 0 Å². The second-order valence-corrected chi connectivity index (χ2v) is 6.08. The molecule has 2 rings (SSSR count). The van der Waals surface area contributed by atoms with Crippen LogP contribution < -0.4 is 5.73 Å². The summed E-state index contributed by atoms with van der Waals surface area (Å²) in [4.78, 5) is -1.61. The van der Waals surface area contributed by atoms with E-state index in [9.17, 15) is 26.0 Å². The number of hydrogen-bond donors (Lipinski definition) is 1. The van der Waals surface area contributed by atoms with Gasteiger partial charge >= 0.3 is 0 Å². The third-order valence-corrected chi connectivity index (χ3v) is 4.74. The highest BCUT2D eigenvalue weighted by molar-refractivity contribution is 7.89. The van der Waals surface area contributed by atoms with Crippen LogP contribution in [0.1, 0.15) is 6.42 Å². The van der Waals surface area contributed by atoms with Crippen molar-refractivity contribution in [3.63, 3.8) is 0 Å². The van der Waals surface area contributed by atoms with Crippen molar-refractivity contribution in [2.75, 3.05) is 13.1 Å². The van der Waals surface area contributed by atoms with Crippen LogP contribution in [-0.4, -0.2) is 31.9 Å². The predicted octanol–water partition coefficient (Wildman–Crippen LogP) is 0.965. The number of hydrogen-bond acceptors (Lipinski definition) is 3. The highest BCUT2D eigenvalue weighted by Gasteiger charge is 2.37. The van der Waals surface area contributed by atoms with Crippen molar-refractivity contribution < 1.29 is 26.0 Å². The second-order valence-electron chi connectivity index (χ2n) is 4.21. The summed E-state index contributed by atoms with van der Waals surface area (Å²) in [6.07, 6.45) is 0.306. The molecule has 0 amide bonds. The molecule has 0 saturated carbocycles. The van der Waals surface area contributed by atoms with E-state index in [-0.39, 0.29) is 19.2 Å². The van der Waals surface area contributed by atoms with Gasteiger partial charge in [0.05, 0.1) is 0 Å². The molecule has 0 bridgehead atoms. The Kier molecular flexibility index (Phi) is 3.54. The molecule has 1 aliphatic rings. The van der Waals surface area contributed by atoms with Crippen molar-refractivity contribution in [1.82, 2.24) is 4.31 Å². The molecule has 0 radical (unpaired) electrons. The third kappa shape index (κ3) is 2.33. The summed E-state index contributed by atoms with van der Waals surface area (Å²) in [7, 11) is -4.65. The summed E-state index contributed by atoms with van der Waals surface area (Å²) in [6.45, 7) is -0.208. The van der Waals surface area contributed by atoms with E-state index in [1.54, 1.807) is 0 Å². The largest absolute Gasteiger partial charge is 0.326 e. The number of benzene rings is 1. The maximum atomic E-state index is 13.5. The van der Waals surface area contributed by atoms with Crippen molar-refractivity contribution in [2.45, 2.75) is 17.4 Å². The van der Waals surface area contributed by atoms with Gasteiger partial charge in [-0.05, 0) is 6.42 Å². The first kappa shape index (κ1) is 14.2. The molecule has 1 fully saturated rings. The van der Waals surface area contributed by atoms with Crippen LogP contribution in [0, 0.1) is 23.3 Å².